The van der Waals surface area contributed by atoms with Gasteiger partial charge in [0.25, 0.3) is 17.7 Å². The standard InChI is InChI=1S/C37H48N8O5S/c1-24(25-4-8-29(9-5-25)44-17-15-43(2)16-18-44)41-37(48)27-7-13-34(40-23-27)45-30-10-11-31(45)22-28(21-30)42-36(47)26-6-12-32(35(38)46)33(20-26)39-14-19-51(3,49)50/h4-9,12-13,20,23-24,28,30-31,39H,10-11,14-19,21-22H2,1-3H3,(H2,38,46)(H,41,48)(H,42,47)/t24-,28?,30?,31?/m0/s1. The van der Waals surface area contributed by atoms with Crippen molar-refractivity contribution in [2.75, 3.05) is 66.9 Å². The van der Waals surface area contributed by atoms with Gasteiger partial charge in [-0.05, 0) is 87.7 Å². The minimum Gasteiger partial charge on any atom is -0.383 e. The zero-order valence-electron chi connectivity index (χ0n) is 29.5. The van der Waals surface area contributed by atoms with Crippen molar-refractivity contribution in [3.63, 3.8) is 0 Å². The van der Waals surface area contributed by atoms with E-state index in [-0.39, 0.29) is 53.8 Å². The van der Waals surface area contributed by atoms with E-state index < -0.39 is 15.7 Å². The Morgan fingerprint density at radius 1 is 0.922 bits per heavy atom. The number of nitrogens with one attached hydrogen (secondary N) is 3. The van der Waals surface area contributed by atoms with E-state index >= 15 is 0 Å². The van der Waals surface area contributed by atoms with Crippen LogP contribution in [0.1, 0.15) is 75.3 Å². The highest BCUT2D eigenvalue weighted by atomic mass is 32.2. The van der Waals surface area contributed by atoms with Crippen molar-refractivity contribution in [2.45, 2.75) is 56.8 Å². The van der Waals surface area contributed by atoms with Gasteiger partial charge in [0.05, 0.1) is 22.9 Å². The average Bonchev–Trinajstić information content (AvgIpc) is 3.37. The summed E-state index contributed by atoms with van der Waals surface area (Å²) in [6.07, 6.45) is 6.22. The molecule has 51 heavy (non-hydrogen) atoms. The minimum absolute atomic E-state index is 0.0501. The fourth-order valence-electron chi connectivity index (χ4n) is 7.43. The number of piperazine rings is 1. The summed E-state index contributed by atoms with van der Waals surface area (Å²) in [6.45, 7) is 6.18. The van der Waals surface area contributed by atoms with Crippen molar-refractivity contribution in [3.05, 3.63) is 83.0 Å². The second-order valence-electron chi connectivity index (χ2n) is 14.1. The number of fused-ring (bicyclic) bond motifs is 2. The third-order valence-electron chi connectivity index (χ3n) is 10.3. The molecule has 3 fully saturated rings. The zero-order valence-corrected chi connectivity index (χ0v) is 30.3. The quantitative estimate of drug-likeness (QED) is 0.219. The van der Waals surface area contributed by atoms with E-state index in [1.165, 1.54) is 17.8 Å². The van der Waals surface area contributed by atoms with Gasteiger partial charge in [0.15, 0.2) is 0 Å². The second-order valence-corrected chi connectivity index (χ2v) is 16.4. The Hall–Kier alpha value is -4.69. The molecule has 2 bridgehead atoms. The SMILES string of the molecule is C[C@H](NC(=O)c1ccc(N2C3CCC2CC(NC(=O)c2ccc(C(N)=O)c(NCCS(C)(=O)=O)c2)C3)nc1)c1ccc(N2CCN(C)CC2)cc1. The molecule has 3 aromatic rings. The summed E-state index contributed by atoms with van der Waals surface area (Å²) in [5.41, 5.74) is 9.11. The largest absolute Gasteiger partial charge is 0.383 e. The number of carbonyl (C=O) groups is 3. The van der Waals surface area contributed by atoms with Crippen molar-refractivity contribution >= 4 is 44.8 Å². The normalized spacial score (nSPS) is 21.2. The van der Waals surface area contributed by atoms with Crippen LogP contribution in [-0.2, 0) is 9.84 Å². The van der Waals surface area contributed by atoms with Crippen LogP contribution in [0.15, 0.2) is 60.8 Å². The Bertz CT molecular complexity index is 1830. The summed E-state index contributed by atoms with van der Waals surface area (Å²) in [7, 11) is -1.07. The summed E-state index contributed by atoms with van der Waals surface area (Å²) in [5.74, 6) is -0.426. The van der Waals surface area contributed by atoms with Gasteiger partial charge in [0, 0.05) is 80.2 Å². The number of pyridine rings is 1. The molecule has 3 saturated heterocycles. The Labute approximate surface area is 299 Å². The highest BCUT2D eigenvalue weighted by Crippen LogP contribution is 2.38. The Morgan fingerprint density at radius 2 is 1.59 bits per heavy atom. The van der Waals surface area contributed by atoms with Crippen molar-refractivity contribution in [1.82, 2.24) is 20.5 Å². The number of sulfone groups is 1. The molecule has 1 aromatic heterocycles. The summed E-state index contributed by atoms with van der Waals surface area (Å²) in [6, 6.07) is 16.9. The number of anilines is 3. The fraction of sp³-hybridized carbons (Fsp3) is 0.459. The summed E-state index contributed by atoms with van der Waals surface area (Å²) in [4.78, 5) is 50.2. The zero-order chi connectivity index (χ0) is 36.3. The molecule has 0 radical (unpaired) electrons. The second kappa shape index (κ2) is 15.3. The lowest BCUT2D eigenvalue weighted by atomic mass is 9.96. The predicted octanol–water partition coefficient (Wildman–Crippen LogP) is 2.81. The number of hydrogen-bond donors (Lipinski definition) is 4. The van der Waals surface area contributed by atoms with E-state index in [1.807, 2.05) is 19.1 Å². The first-order valence-corrected chi connectivity index (χ1v) is 19.7. The Kier molecular flexibility index (Phi) is 10.8. The van der Waals surface area contributed by atoms with Crippen molar-refractivity contribution in [2.24, 2.45) is 5.73 Å². The van der Waals surface area contributed by atoms with Gasteiger partial charge in [-0.25, -0.2) is 13.4 Å². The Morgan fingerprint density at radius 3 is 2.20 bits per heavy atom. The van der Waals surface area contributed by atoms with Crippen LogP contribution in [0.4, 0.5) is 17.2 Å². The number of likely N-dealkylation sites (N-methyl/N-ethyl adjacent to an activating group) is 1. The predicted molar refractivity (Wildman–Crippen MR) is 199 cm³/mol. The van der Waals surface area contributed by atoms with Crippen molar-refractivity contribution in [1.29, 1.82) is 0 Å². The first-order valence-electron chi connectivity index (χ1n) is 17.6. The van der Waals surface area contributed by atoms with Crippen molar-refractivity contribution < 1.29 is 22.8 Å². The molecule has 5 N–H and O–H groups in total. The number of aromatic nitrogens is 1. The van der Waals surface area contributed by atoms with Gasteiger partial charge in [0.2, 0.25) is 0 Å². The molecule has 3 amide bonds. The van der Waals surface area contributed by atoms with Gasteiger partial charge >= 0.3 is 0 Å². The lowest BCUT2D eigenvalue weighted by Crippen LogP contribution is -2.50. The van der Waals surface area contributed by atoms with Crippen LogP contribution >= 0.6 is 0 Å². The Balaban J connectivity index is 1.03. The van der Waals surface area contributed by atoms with Crippen LogP contribution in [-0.4, -0.2) is 106 Å². The van der Waals surface area contributed by atoms with E-state index in [2.05, 4.69) is 62.0 Å². The van der Waals surface area contributed by atoms with Crippen LogP contribution in [0.25, 0.3) is 0 Å². The molecule has 3 aliphatic heterocycles. The van der Waals surface area contributed by atoms with Gasteiger partial charge in [-0.1, -0.05) is 12.1 Å². The fourth-order valence-corrected chi connectivity index (χ4v) is 7.90. The molecule has 6 rings (SSSR count). The first kappa shape index (κ1) is 36.1. The van der Waals surface area contributed by atoms with Gasteiger partial charge in [-0.3, -0.25) is 14.4 Å². The first-order chi connectivity index (χ1) is 24.3. The molecule has 272 valence electrons. The maximum Gasteiger partial charge on any atom is 0.253 e. The molecule has 0 saturated carbocycles. The maximum absolute atomic E-state index is 13.3. The number of rotatable bonds is 12. The van der Waals surface area contributed by atoms with Crippen molar-refractivity contribution in [3.8, 4) is 0 Å². The van der Waals surface area contributed by atoms with E-state index in [4.69, 9.17) is 10.7 Å². The molecule has 3 aliphatic rings. The van der Waals surface area contributed by atoms with E-state index in [9.17, 15) is 22.8 Å². The lowest BCUT2D eigenvalue weighted by Gasteiger charge is -2.40. The topological polar surface area (TPSA) is 170 Å². The van der Waals surface area contributed by atoms with Gasteiger partial charge in [0.1, 0.15) is 15.7 Å². The van der Waals surface area contributed by atoms with Gasteiger partial charge in [-0.15, -0.1) is 0 Å². The smallest absolute Gasteiger partial charge is 0.253 e. The molecule has 2 aromatic carbocycles. The molecule has 13 nitrogen and oxygen atoms in total. The van der Waals surface area contributed by atoms with Crippen LogP contribution < -0.4 is 31.5 Å². The number of benzene rings is 2. The number of nitrogens with zero attached hydrogens (tertiary/aromatic N) is 4. The summed E-state index contributed by atoms with van der Waals surface area (Å²) >= 11 is 0. The number of carbonyl (C=O) groups excluding carboxylic acids is 3. The van der Waals surface area contributed by atoms with E-state index in [0.29, 0.717) is 16.8 Å². The molecular formula is C37H48N8O5S. The van der Waals surface area contributed by atoms with Crippen LogP contribution in [0.3, 0.4) is 0 Å². The summed E-state index contributed by atoms with van der Waals surface area (Å²) in [5, 5.41) is 9.20. The average molecular weight is 717 g/mol. The van der Waals surface area contributed by atoms with Crippen LogP contribution in [0, 0.1) is 0 Å². The van der Waals surface area contributed by atoms with E-state index in [1.54, 1.807) is 12.3 Å². The number of piperidine rings is 1. The maximum atomic E-state index is 13.3. The number of hydrogen-bond acceptors (Lipinski definition) is 10. The highest BCUT2D eigenvalue weighted by molar-refractivity contribution is 7.90. The molecule has 0 spiro atoms. The number of nitrogens with two attached hydrogens (primary N) is 1. The third kappa shape index (κ3) is 8.79. The monoisotopic (exact) mass is 716 g/mol. The third-order valence-corrected chi connectivity index (χ3v) is 11.2. The van der Waals surface area contributed by atoms with Gasteiger partial charge < -0.3 is 36.4 Å². The molecule has 0 aliphatic carbocycles. The lowest BCUT2D eigenvalue weighted by molar-refractivity contribution is 0.0922. The number of amides is 3. The minimum atomic E-state index is -3.21. The number of primary amides is 1. The van der Waals surface area contributed by atoms with Crippen LogP contribution in [0.5, 0.6) is 0 Å². The summed E-state index contributed by atoms with van der Waals surface area (Å²) < 4.78 is 23.1. The van der Waals surface area contributed by atoms with Gasteiger partial charge in [-0.2, -0.15) is 0 Å². The molecular weight excluding hydrogens is 669 g/mol. The molecule has 3 atom stereocenters. The van der Waals surface area contributed by atoms with E-state index in [0.717, 1.165) is 69.5 Å². The molecule has 2 unspecified atom stereocenters. The molecule has 4 heterocycles. The van der Waals surface area contributed by atoms with Crippen LogP contribution in [0.2, 0.25) is 0 Å². The molecule has 14 heteroatoms. The highest BCUT2D eigenvalue weighted by Gasteiger charge is 2.42.